The zero-order chi connectivity index (χ0) is 13.8. The highest BCUT2D eigenvalue weighted by Gasteiger charge is 2.08. The Hall–Kier alpha value is -1.98. The molecule has 0 aromatic carbocycles. The molecule has 3 aromatic rings. The second-order valence-corrected chi connectivity index (χ2v) is 5.60. The first kappa shape index (κ1) is 13.0. The number of nitrogens with zero attached hydrogens (tertiary/aromatic N) is 2. The quantitative estimate of drug-likeness (QED) is 0.757. The van der Waals surface area contributed by atoms with E-state index in [9.17, 15) is 0 Å². The number of H-pyrrole nitrogens is 1. The number of thiophene rings is 1. The summed E-state index contributed by atoms with van der Waals surface area (Å²) in [7, 11) is 0. The molecule has 0 saturated carbocycles. The van der Waals surface area contributed by atoms with E-state index < -0.39 is 0 Å². The zero-order valence-electron chi connectivity index (χ0n) is 11.3. The molecule has 0 atom stereocenters. The summed E-state index contributed by atoms with van der Waals surface area (Å²) in [5.41, 5.74) is 4.79. The summed E-state index contributed by atoms with van der Waals surface area (Å²) in [5.74, 6) is 0. The smallest absolute Gasteiger partial charge is 0.0794 e. The summed E-state index contributed by atoms with van der Waals surface area (Å²) in [6.07, 6.45) is 5.62. The lowest BCUT2D eigenvalue weighted by molar-refractivity contribution is 0.689. The van der Waals surface area contributed by atoms with Gasteiger partial charge in [0, 0.05) is 31.0 Å². The number of nitrogens with one attached hydrogen (secondary N) is 2. The van der Waals surface area contributed by atoms with E-state index in [-0.39, 0.29) is 0 Å². The lowest BCUT2D eigenvalue weighted by atomic mass is 10.1. The molecule has 3 heterocycles. The highest BCUT2D eigenvalue weighted by Crippen LogP contribution is 2.25. The van der Waals surface area contributed by atoms with Gasteiger partial charge in [0.1, 0.15) is 0 Å². The van der Waals surface area contributed by atoms with E-state index in [4.69, 9.17) is 0 Å². The summed E-state index contributed by atoms with van der Waals surface area (Å²) >= 11 is 1.72. The Kier molecular flexibility index (Phi) is 3.90. The largest absolute Gasteiger partial charge is 0.308 e. The molecule has 0 amide bonds. The number of hydrogen-bond acceptors (Lipinski definition) is 4. The van der Waals surface area contributed by atoms with Crippen molar-refractivity contribution in [2.75, 3.05) is 0 Å². The van der Waals surface area contributed by atoms with Gasteiger partial charge in [-0.25, -0.2) is 0 Å². The average Bonchev–Trinajstić information content (AvgIpc) is 3.11. The van der Waals surface area contributed by atoms with Crippen LogP contribution >= 0.6 is 11.3 Å². The summed E-state index contributed by atoms with van der Waals surface area (Å²) < 4.78 is 0. The fourth-order valence-corrected chi connectivity index (χ4v) is 2.85. The predicted octanol–water partition coefficient (Wildman–Crippen LogP) is 3.13. The summed E-state index contributed by atoms with van der Waals surface area (Å²) in [5, 5.41) is 12.8. The highest BCUT2D eigenvalue weighted by molar-refractivity contribution is 7.13. The zero-order valence-corrected chi connectivity index (χ0v) is 12.1. The third-order valence-corrected chi connectivity index (χ3v) is 4.15. The molecular formula is C15H16N4S. The molecule has 102 valence electrons. The Balaban J connectivity index is 1.65. The van der Waals surface area contributed by atoms with E-state index >= 15 is 0 Å². The Morgan fingerprint density at radius 1 is 1.20 bits per heavy atom. The highest BCUT2D eigenvalue weighted by atomic mass is 32.1. The predicted molar refractivity (Wildman–Crippen MR) is 81.4 cm³/mol. The van der Waals surface area contributed by atoms with Gasteiger partial charge in [-0.1, -0.05) is 6.07 Å². The standard InChI is InChI=1S/C15H16N4S/c1-11-4-5-16-7-12(11)8-17-9-13-10-18-19-15(13)14-3-2-6-20-14/h2-7,10,17H,8-9H2,1H3,(H,18,19). The van der Waals surface area contributed by atoms with Crippen LogP contribution in [0.5, 0.6) is 0 Å². The molecule has 0 aliphatic carbocycles. The van der Waals surface area contributed by atoms with E-state index in [0.29, 0.717) is 0 Å². The van der Waals surface area contributed by atoms with E-state index in [0.717, 1.165) is 18.8 Å². The van der Waals surface area contributed by atoms with Crippen LogP contribution in [-0.2, 0) is 13.1 Å². The second kappa shape index (κ2) is 5.98. The van der Waals surface area contributed by atoms with Crippen molar-refractivity contribution < 1.29 is 0 Å². The maximum atomic E-state index is 4.16. The minimum Gasteiger partial charge on any atom is -0.308 e. The van der Waals surface area contributed by atoms with Gasteiger partial charge in [0.2, 0.25) is 0 Å². The van der Waals surface area contributed by atoms with Crippen molar-refractivity contribution in [3.8, 4) is 10.6 Å². The van der Waals surface area contributed by atoms with Crippen LogP contribution < -0.4 is 5.32 Å². The van der Waals surface area contributed by atoms with Gasteiger partial charge in [0.15, 0.2) is 0 Å². The molecule has 0 spiro atoms. The number of hydrogen-bond donors (Lipinski definition) is 2. The molecular weight excluding hydrogens is 268 g/mol. The minimum atomic E-state index is 0.790. The molecule has 3 rings (SSSR count). The summed E-state index contributed by atoms with van der Waals surface area (Å²) in [6, 6.07) is 6.19. The van der Waals surface area contributed by atoms with Gasteiger partial charge < -0.3 is 5.32 Å². The SMILES string of the molecule is Cc1ccncc1CNCc1cn[nH]c1-c1cccs1. The third kappa shape index (κ3) is 2.79. The molecule has 2 N–H and O–H groups in total. The molecule has 5 heteroatoms. The van der Waals surface area contributed by atoms with Crippen molar-refractivity contribution in [3.05, 3.63) is 58.9 Å². The maximum Gasteiger partial charge on any atom is 0.0794 e. The molecule has 0 radical (unpaired) electrons. The lowest BCUT2D eigenvalue weighted by Crippen LogP contribution is -2.13. The molecule has 0 unspecified atom stereocenters. The van der Waals surface area contributed by atoms with Crippen LogP contribution in [-0.4, -0.2) is 15.2 Å². The van der Waals surface area contributed by atoms with E-state index in [1.54, 1.807) is 11.3 Å². The summed E-state index contributed by atoms with van der Waals surface area (Å²) in [4.78, 5) is 5.38. The number of pyridine rings is 1. The van der Waals surface area contributed by atoms with Crippen molar-refractivity contribution in [2.24, 2.45) is 0 Å². The molecule has 0 fully saturated rings. The van der Waals surface area contributed by atoms with Crippen LogP contribution in [0.15, 0.2) is 42.2 Å². The van der Waals surface area contributed by atoms with Gasteiger partial charge in [-0.05, 0) is 35.6 Å². The molecule has 4 nitrogen and oxygen atoms in total. The van der Waals surface area contributed by atoms with Crippen molar-refractivity contribution in [3.63, 3.8) is 0 Å². The Bertz CT molecular complexity index is 673. The molecule has 0 aliphatic rings. The minimum absolute atomic E-state index is 0.790. The van der Waals surface area contributed by atoms with Gasteiger partial charge in [-0.2, -0.15) is 5.10 Å². The molecule has 3 aromatic heterocycles. The fraction of sp³-hybridized carbons (Fsp3) is 0.200. The van der Waals surface area contributed by atoms with Crippen LogP contribution in [0.1, 0.15) is 16.7 Å². The average molecular weight is 284 g/mol. The first-order chi connectivity index (χ1) is 9.84. The Morgan fingerprint density at radius 3 is 2.90 bits per heavy atom. The Morgan fingerprint density at radius 2 is 2.10 bits per heavy atom. The first-order valence-electron chi connectivity index (χ1n) is 6.51. The second-order valence-electron chi connectivity index (χ2n) is 4.65. The number of rotatable bonds is 5. The van der Waals surface area contributed by atoms with Crippen molar-refractivity contribution in [1.82, 2.24) is 20.5 Å². The van der Waals surface area contributed by atoms with Gasteiger partial charge in [0.05, 0.1) is 16.8 Å². The van der Waals surface area contributed by atoms with Gasteiger partial charge in [-0.15, -0.1) is 11.3 Å². The van der Waals surface area contributed by atoms with Crippen molar-refractivity contribution >= 4 is 11.3 Å². The number of aromatic nitrogens is 3. The van der Waals surface area contributed by atoms with Gasteiger partial charge in [-0.3, -0.25) is 10.1 Å². The first-order valence-corrected chi connectivity index (χ1v) is 7.39. The van der Waals surface area contributed by atoms with Crippen LogP contribution in [0.4, 0.5) is 0 Å². The number of aryl methyl sites for hydroxylation is 1. The van der Waals surface area contributed by atoms with E-state index in [1.165, 1.54) is 21.6 Å². The van der Waals surface area contributed by atoms with E-state index in [2.05, 4.69) is 44.9 Å². The van der Waals surface area contributed by atoms with E-state index in [1.807, 2.05) is 24.7 Å². The van der Waals surface area contributed by atoms with Crippen molar-refractivity contribution in [2.45, 2.75) is 20.0 Å². The van der Waals surface area contributed by atoms with Crippen LogP contribution in [0, 0.1) is 6.92 Å². The molecule has 0 saturated heterocycles. The molecule has 0 bridgehead atoms. The van der Waals surface area contributed by atoms with Crippen LogP contribution in [0.25, 0.3) is 10.6 Å². The lowest BCUT2D eigenvalue weighted by Gasteiger charge is -2.07. The Labute approximate surface area is 121 Å². The number of aromatic amines is 1. The molecule has 20 heavy (non-hydrogen) atoms. The third-order valence-electron chi connectivity index (χ3n) is 3.26. The maximum absolute atomic E-state index is 4.16. The van der Waals surface area contributed by atoms with Crippen LogP contribution in [0.2, 0.25) is 0 Å². The van der Waals surface area contributed by atoms with Crippen molar-refractivity contribution in [1.29, 1.82) is 0 Å². The van der Waals surface area contributed by atoms with Gasteiger partial charge >= 0.3 is 0 Å². The van der Waals surface area contributed by atoms with Crippen LogP contribution in [0.3, 0.4) is 0 Å². The normalized spacial score (nSPS) is 10.8. The molecule has 0 aliphatic heterocycles. The monoisotopic (exact) mass is 284 g/mol. The topological polar surface area (TPSA) is 53.6 Å². The fourth-order valence-electron chi connectivity index (χ4n) is 2.09. The summed E-state index contributed by atoms with van der Waals surface area (Å²) in [6.45, 7) is 3.71. The van der Waals surface area contributed by atoms with Gasteiger partial charge in [0.25, 0.3) is 0 Å².